The first-order valence-electron chi connectivity index (χ1n) is 8.27. The van der Waals surface area contributed by atoms with Crippen LogP contribution in [0.25, 0.3) is 11.3 Å². The highest BCUT2D eigenvalue weighted by Gasteiger charge is 2.16. The lowest BCUT2D eigenvalue weighted by molar-refractivity contribution is 0.102. The average Bonchev–Trinajstić information content (AvgIpc) is 3.09. The van der Waals surface area contributed by atoms with Crippen molar-refractivity contribution in [1.29, 1.82) is 0 Å². The van der Waals surface area contributed by atoms with Crippen molar-refractivity contribution in [3.63, 3.8) is 0 Å². The van der Waals surface area contributed by atoms with Crippen molar-refractivity contribution in [1.82, 2.24) is 9.78 Å². The third kappa shape index (κ3) is 3.87. The molecule has 0 saturated heterocycles. The van der Waals surface area contributed by atoms with E-state index in [1.54, 1.807) is 57.3 Å². The van der Waals surface area contributed by atoms with E-state index >= 15 is 0 Å². The van der Waals surface area contributed by atoms with E-state index in [0.29, 0.717) is 22.9 Å². The molecule has 7 nitrogen and oxygen atoms in total. The number of methoxy groups -OCH3 is 3. The molecule has 0 spiro atoms. The number of carbonyl (C=O) groups excluding carboxylic acids is 1. The zero-order valence-electron chi connectivity index (χ0n) is 15.6. The van der Waals surface area contributed by atoms with Gasteiger partial charge in [-0.1, -0.05) is 12.1 Å². The van der Waals surface area contributed by atoms with E-state index < -0.39 is 0 Å². The van der Waals surface area contributed by atoms with Gasteiger partial charge >= 0.3 is 0 Å². The van der Waals surface area contributed by atoms with Gasteiger partial charge in [0.05, 0.1) is 32.7 Å². The zero-order valence-corrected chi connectivity index (χ0v) is 15.6. The Morgan fingerprint density at radius 2 is 1.70 bits per heavy atom. The molecule has 1 aromatic heterocycles. The van der Waals surface area contributed by atoms with Crippen LogP contribution in [0.4, 0.5) is 5.69 Å². The number of nitrogens with one attached hydrogen (secondary N) is 1. The summed E-state index contributed by atoms with van der Waals surface area (Å²) >= 11 is 0. The molecule has 0 saturated carbocycles. The summed E-state index contributed by atoms with van der Waals surface area (Å²) in [5.74, 6) is 1.55. The van der Waals surface area contributed by atoms with Crippen molar-refractivity contribution in [2.24, 2.45) is 7.05 Å². The molecule has 2 aromatic carbocycles. The van der Waals surface area contributed by atoms with Crippen molar-refractivity contribution in [3.05, 3.63) is 54.2 Å². The molecule has 3 aromatic rings. The minimum atomic E-state index is -0.341. The van der Waals surface area contributed by atoms with Gasteiger partial charge in [-0.3, -0.25) is 9.48 Å². The maximum absolute atomic E-state index is 12.7. The van der Waals surface area contributed by atoms with E-state index in [4.69, 9.17) is 14.2 Å². The van der Waals surface area contributed by atoms with Gasteiger partial charge in [0.15, 0.2) is 5.69 Å². The molecule has 0 unspecified atom stereocenters. The average molecular weight is 367 g/mol. The predicted octanol–water partition coefficient (Wildman–Crippen LogP) is 3.37. The summed E-state index contributed by atoms with van der Waals surface area (Å²) in [5.41, 5.74) is 2.51. The van der Waals surface area contributed by atoms with Crippen LogP contribution in [0, 0.1) is 0 Å². The highest BCUT2D eigenvalue weighted by atomic mass is 16.5. The highest BCUT2D eigenvalue weighted by molar-refractivity contribution is 6.04. The number of hydrogen-bond donors (Lipinski definition) is 1. The van der Waals surface area contributed by atoms with Gasteiger partial charge in [-0.05, 0) is 30.3 Å². The summed E-state index contributed by atoms with van der Waals surface area (Å²) in [4.78, 5) is 12.7. The lowest BCUT2D eigenvalue weighted by Gasteiger charge is -2.10. The Hall–Kier alpha value is -3.48. The Bertz CT molecular complexity index is 966. The molecule has 27 heavy (non-hydrogen) atoms. The van der Waals surface area contributed by atoms with Crippen molar-refractivity contribution in [2.75, 3.05) is 26.6 Å². The standard InChI is InChI=1S/C20H21N3O4/c1-23-18(13-6-5-7-14(10-13)25-2)12-17(22-23)20(24)21-16-11-15(26-3)8-9-19(16)27-4/h5-12H,1-4H3,(H,21,24). The molecular formula is C20H21N3O4. The highest BCUT2D eigenvalue weighted by Crippen LogP contribution is 2.30. The van der Waals surface area contributed by atoms with Crippen LogP contribution in [0.1, 0.15) is 10.5 Å². The Kier molecular flexibility index (Phi) is 5.30. The van der Waals surface area contributed by atoms with Crippen LogP contribution in [0.3, 0.4) is 0 Å². The number of anilines is 1. The molecule has 1 heterocycles. The number of rotatable bonds is 6. The largest absolute Gasteiger partial charge is 0.497 e. The molecule has 0 fully saturated rings. The number of nitrogens with zero attached hydrogens (tertiary/aromatic N) is 2. The summed E-state index contributed by atoms with van der Waals surface area (Å²) in [7, 11) is 6.51. The van der Waals surface area contributed by atoms with E-state index in [1.165, 1.54) is 0 Å². The van der Waals surface area contributed by atoms with Gasteiger partial charge in [-0.15, -0.1) is 0 Å². The summed E-state index contributed by atoms with van der Waals surface area (Å²) in [6, 6.07) is 14.5. The van der Waals surface area contributed by atoms with Crippen LogP contribution in [0.2, 0.25) is 0 Å². The quantitative estimate of drug-likeness (QED) is 0.723. The van der Waals surface area contributed by atoms with Crippen LogP contribution < -0.4 is 19.5 Å². The van der Waals surface area contributed by atoms with Crippen LogP contribution in [-0.2, 0) is 7.05 Å². The van der Waals surface area contributed by atoms with E-state index in [1.807, 2.05) is 24.3 Å². The van der Waals surface area contributed by atoms with E-state index in [-0.39, 0.29) is 5.91 Å². The second kappa shape index (κ2) is 7.82. The number of aryl methyl sites for hydroxylation is 1. The minimum Gasteiger partial charge on any atom is -0.497 e. The first-order chi connectivity index (χ1) is 13.0. The third-order valence-corrected chi connectivity index (χ3v) is 4.13. The molecule has 140 valence electrons. The normalized spacial score (nSPS) is 10.4. The van der Waals surface area contributed by atoms with Crippen molar-refractivity contribution in [2.45, 2.75) is 0 Å². The summed E-state index contributed by atoms with van der Waals surface area (Å²) < 4.78 is 17.4. The molecule has 0 aliphatic rings. The number of aromatic nitrogens is 2. The van der Waals surface area contributed by atoms with Gasteiger partial charge < -0.3 is 19.5 Å². The molecule has 0 bridgehead atoms. The molecule has 0 atom stereocenters. The van der Waals surface area contributed by atoms with Crippen LogP contribution in [0.15, 0.2) is 48.5 Å². The first-order valence-corrected chi connectivity index (χ1v) is 8.27. The van der Waals surface area contributed by atoms with Gasteiger partial charge in [0.25, 0.3) is 5.91 Å². The summed E-state index contributed by atoms with van der Waals surface area (Å²) in [6.45, 7) is 0. The number of ether oxygens (including phenoxy) is 3. The number of hydrogen-bond acceptors (Lipinski definition) is 5. The smallest absolute Gasteiger partial charge is 0.276 e. The topological polar surface area (TPSA) is 74.6 Å². The maximum Gasteiger partial charge on any atom is 0.276 e. The molecular weight excluding hydrogens is 346 g/mol. The Labute approximate surface area is 157 Å². The van der Waals surface area contributed by atoms with E-state index in [0.717, 1.165) is 17.0 Å². The van der Waals surface area contributed by atoms with Crippen LogP contribution in [0.5, 0.6) is 17.2 Å². The molecule has 0 radical (unpaired) electrons. The van der Waals surface area contributed by atoms with Crippen molar-refractivity contribution >= 4 is 11.6 Å². The fourth-order valence-corrected chi connectivity index (χ4v) is 2.73. The molecule has 0 aliphatic carbocycles. The first kappa shape index (κ1) is 18.3. The van der Waals surface area contributed by atoms with Gasteiger partial charge in [-0.25, -0.2) is 0 Å². The second-order valence-electron chi connectivity index (χ2n) is 5.79. The van der Waals surface area contributed by atoms with Gasteiger partial charge in [-0.2, -0.15) is 5.10 Å². The van der Waals surface area contributed by atoms with E-state index in [2.05, 4.69) is 10.4 Å². The molecule has 7 heteroatoms. The van der Waals surface area contributed by atoms with Crippen molar-refractivity contribution < 1.29 is 19.0 Å². The molecule has 0 aliphatic heterocycles. The van der Waals surface area contributed by atoms with E-state index in [9.17, 15) is 4.79 Å². The number of carbonyl (C=O) groups is 1. The van der Waals surface area contributed by atoms with Crippen LogP contribution in [-0.4, -0.2) is 37.0 Å². The Balaban J connectivity index is 1.88. The van der Waals surface area contributed by atoms with Gasteiger partial charge in [0.1, 0.15) is 17.2 Å². The molecule has 1 N–H and O–H groups in total. The molecule has 3 rings (SSSR count). The third-order valence-electron chi connectivity index (χ3n) is 4.13. The van der Waals surface area contributed by atoms with Gasteiger partial charge in [0, 0.05) is 18.7 Å². The zero-order chi connectivity index (χ0) is 19.4. The van der Waals surface area contributed by atoms with Crippen LogP contribution >= 0.6 is 0 Å². The van der Waals surface area contributed by atoms with Crippen molar-refractivity contribution in [3.8, 4) is 28.5 Å². The van der Waals surface area contributed by atoms with Gasteiger partial charge in [0.2, 0.25) is 0 Å². The summed E-state index contributed by atoms with van der Waals surface area (Å²) in [5, 5.41) is 7.15. The maximum atomic E-state index is 12.7. The minimum absolute atomic E-state index is 0.292. The second-order valence-corrected chi connectivity index (χ2v) is 5.79. The predicted molar refractivity (Wildman–Crippen MR) is 103 cm³/mol. The number of amides is 1. The summed E-state index contributed by atoms with van der Waals surface area (Å²) in [6.07, 6.45) is 0. The lowest BCUT2D eigenvalue weighted by Crippen LogP contribution is -2.13. The fourth-order valence-electron chi connectivity index (χ4n) is 2.73. The SMILES string of the molecule is COc1cccc(-c2cc(C(=O)Nc3cc(OC)ccc3OC)nn2C)c1. The number of benzene rings is 2. The fraction of sp³-hybridized carbons (Fsp3) is 0.200. The monoisotopic (exact) mass is 367 g/mol. The lowest BCUT2D eigenvalue weighted by atomic mass is 10.1. The Morgan fingerprint density at radius 3 is 2.41 bits per heavy atom. The molecule has 1 amide bonds. The Morgan fingerprint density at radius 1 is 0.963 bits per heavy atom.